The molecule has 4 heteroatoms. The second kappa shape index (κ2) is 4.37. The van der Waals surface area contributed by atoms with Crippen molar-refractivity contribution in [3.8, 4) is 0 Å². The number of aromatic nitrogens is 1. The minimum absolute atomic E-state index is 0.751. The van der Waals surface area contributed by atoms with E-state index >= 15 is 0 Å². The Kier molecular flexibility index (Phi) is 3.07. The summed E-state index contributed by atoms with van der Waals surface area (Å²) in [6, 6.07) is 5.99. The normalized spacial score (nSPS) is 12.1. The summed E-state index contributed by atoms with van der Waals surface area (Å²) in [6.07, 6.45) is 3.18. The number of aryl methyl sites for hydroxylation is 1. The maximum atomic E-state index is 10.7. The Bertz CT molecular complexity index is 626. The van der Waals surface area contributed by atoms with E-state index in [-0.39, 0.29) is 0 Å². The Labute approximate surface area is 107 Å². The minimum Gasteiger partial charge on any atom is -0.478 e. The van der Waals surface area contributed by atoms with Gasteiger partial charge in [0.1, 0.15) is 0 Å². The molecule has 0 saturated heterocycles. The van der Waals surface area contributed by atoms with Gasteiger partial charge in [-0.15, -0.1) is 0 Å². The zero-order valence-corrected chi connectivity index (χ0v) is 11.2. The van der Waals surface area contributed by atoms with Crippen LogP contribution in [0, 0.1) is 0 Å². The summed E-state index contributed by atoms with van der Waals surface area (Å²) in [5.74, 6) is -0.922. The maximum Gasteiger partial charge on any atom is 0.328 e. The van der Waals surface area contributed by atoms with E-state index in [1.807, 2.05) is 42.9 Å². The lowest BCUT2D eigenvalue weighted by Crippen LogP contribution is -1.89. The third kappa shape index (κ3) is 2.26. The highest BCUT2D eigenvalue weighted by atomic mass is 79.9. The number of allylic oxidation sites excluding steroid dienone is 1. The lowest BCUT2D eigenvalue weighted by atomic mass is 10.1. The van der Waals surface area contributed by atoms with E-state index in [1.165, 1.54) is 6.08 Å². The third-order valence-electron chi connectivity index (χ3n) is 2.72. The number of benzene rings is 1. The molecule has 17 heavy (non-hydrogen) atoms. The number of aliphatic carboxylic acids is 1. The van der Waals surface area contributed by atoms with Gasteiger partial charge < -0.3 is 9.67 Å². The molecule has 3 nitrogen and oxygen atoms in total. The Morgan fingerprint density at radius 1 is 1.47 bits per heavy atom. The van der Waals surface area contributed by atoms with E-state index in [2.05, 4.69) is 15.9 Å². The number of carboxylic acid groups (broad SMARTS) is 1. The maximum absolute atomic E-state index is 10.7. The molecule has 0 radical (unpaired) electrons. The van der Waals surface area contributed by atoms with Gasteiger partial charge >= 0.3 is 5.97 Å². The second-order valence-corrected chi connectivity index (χ2v) is 4.90. The van der Waals surface area contributed by atoms with Gasteiger partial charge in [-0.25, -0.2) is 4.79 Å². The summed E-state index contributed by atoms with van der Waals surface area (Å²) in [6.45, 7) is 1.81. The molecule has 1 aromatic heterocycles. The van der Waals surface area contributed by atoms with Crippen LogP contribution >= 0.6 is 15.9 Å². The molecule has 0 atom stereocenters. The number of carboxylic acids is 1. The van der Waals surface area contributed by atoms with Gasteiger partial charge in [0.2, 0.25) is 0 Å². The first-order chi connectivity index (χ1) is 7.99. The zero-order chi connectivity index (χ0) is 12.6. The third-order valence-corrected chi connectivity index (χ3v) is 3.21. The van der Waals surface area contributed by atoms with Crippen molar-refractivity contribution in [3.63, 3.8) is 0 Å². The topological polar surface area (TPSA) is 42.2 Å². The molecule has 0 aliphatic rings. The van der Waals surface area contributed by atoms with Crippen molar-refractivity contribution in [2.45, 2.75) is 6.92 Å². The second-order valence-electron chi connectivity index (χ2n) is 3.98. The highest BCUT2D eigenvalue weighted by Crippen LogP contribution is 2.28. The Morgan fingerprint density at radius 2 is 2.18 bits per heavy atom. The standard InChI is InChI=1S/C13H12BrNO2/c1-8(5-13(16)17)11-7-15(2)12-4-3-9(14)6-10(11)12/h3-7H,1-2H3,(H,16,17)/b8-5+. The van der Waals surface area contributed by atoms with Crippen molar-refractivity contribution in [2.24, 2.45) is 7.05 Å². The molecule has 1 N–H and O–H groups in total. The summed E-state index contributed by atoms with van der Waals surface area (Å²) in [4.78, 5) is 10.7. The number of hydrogen-bond acceptors (Lipinski definition) is 1. The van der Waals surface area contributed by atoms with E-state index in [1.54, 1.807) is 0 Å². The molecule has 0 unspecified atom stereocenters. The molecule has 0 amide bonds. The largest absolute Gasteiger partial charge is 0.478 e. The van der Waals surface area contributed by atoms with Gasteiger partial charge in [-0.1, -0.05) is 15.9 Å². The average Bonchev–Trinajstić information content (AvgIpc) is 2.54. The molecule has 1 aromatic carbocycles. The van der Waals surface area contributed by atoms with Gasteiger partial charge in [-0.3, -0.25) is 0 Å². The van der Waals surface area contributed by atoms with Crippen molar-refractivity contribution >= 4 is 38.4 Å². The average molecular weight is 294 g/mol. The monoisotopic (exact) mass is 293 g/mol. The molecular weight excluding hydrogens is 282 g/mol. The van der Waals surface area contributed by atoms with Crippen LogP contribution in [0.2, 0.25) is 0 Å². The van der Waals surface area contributed by atoms with Crippen LogP contribution in [0.3, 0.4) is 0 Å². The molecule has 0 aliphatic carbocycles. The molecule has 1 heterocycles. The molecule has 2 aromatic rings. The first kappa shape index (κ1) is 11.9. The van der Waals surface area contributed by atoms with Gasteiger partial charge in [0.15, 0.2) is 0 Å². The number of nitrogens with zero attached hydrogens (tertiary/aromatic N) is 1. The molecule has 0 bridgehead atoms. The molecule has 0 fully saturated rings. The van der Waals surface area contributed by atoms with Crippen LogP contribution in [0.25, 0.3) is 16.5 Å². The van der Waals surface area contributed by atoms with Gasteiger partial charge in [0, 0.05) is 40.3 Å². The van der Waals surface area contributed by atoms with Crippen LogP contribution in [0.15, 0.2) is 34.9 Å². The van der Waals surface area contributed by atoms with Crippen molar-refractivity contribution < 1.29 is 9.90 Å². The Morgan fingerprint density at radius 3 is 2.82 bits per heavy atom. The number of halogens is 1. The fourth-order valence-electron chi connectivity index (χ4n) is 1.94. The van der Waals surface area contributed by atoms with Gasteiger partial charge in [-0.2, -0.15) is 0 Å². The zero-order valence-electron chi connectivity index (χ0n) is 9.57. The number of hydrogen-bond donors (Lipinski definition) is 1. The molecule has 88 valence electrons. The van der Waals surface area contributed by atoms with Crippen LogP contribution in [0.1, 0.15) is 12.5 Å². The van der Waals surface area contributed by atoms with E-state index in [0.29, 0.717) is 0 Å². The molecule has 0 spiro atoms. The van der Waals surface area contributed by atoms with Crippen molar-refractivity contribution in [2.75, 3.05) is 0 Å². The first-order valence-electron chi connectivity index (χ1n) is 5.15. The van der Waals surface area contributed by atoms with Crippen LogP contribution in [-0.4, -0.2) is 15.6 Å². The first-order valence-corrected chi connectivity index (χ1v) is 5.94. The van der Waals surface area contributed by atoms with Crippen LogP contribution in [0.5, 0.6) is 0 Å². The van der Waals surface area contributed by atoms with E-state index < -0.39 is 5.97 Å². The Balaban J connectivity index is 2.70. The molecule has 0 saturated carbocycles. The predicted octanol–water partition coefficient (Wildman–Crippen LogP) is 3.43. The van der Waals surface area contributed by atoms with Crippen LogP contribution in [-0.2, 0) is 11.8 Å². The van der Waals surface area contributed by atoms with Crippen LogP contribution in [0.4, 0.5) is 0 Å². The number of rotatable bonds is 2. The minimum atomic E-state index is -0.922. The van der Waals surface area contributed by atoms with Crippen molar-refractivity contribution in [3.05, 3.63) is 40.5 Å². The summed E-state index contributed by atoms with van der Waals surface area (Å²) in [5, 5.41) is 9.84. The highest BCUT2D eigenvalue weighted by Gasteiger charge is 2.09. The summed E-state index contributed by atoms with van der Waals surface area (Å²) in [7, 11) is 1.95. The fraction of sp³-hybridized carbons (Fsp3) is 0.154. The van der Waals surface area contributed by atoms with E-state index in [0.717, 1.165) is 26.5 Å². The van der Waals surface area contributed by atoms with E-state index in [9.17, 15) is 4.79 Å². The lowest BCUT2D eigenvalue weighted by Gasteiger charge is -1.98. The Hall–Kier alpha value is -1.55. The number of fused-ring (bicyclic) bond motifs is 1. The van der Waals surface area contributed by atoms with E-state index in [4.69, 9.17) is 5.11 Å². The fourth-order valence-corrected chi connectivity index (χ4v) is 2.30. The quantitative estimate of drug-likeness (QED) is 0.862. The smallest absolute Gasteiger partial charge is 0.328 e. The molecule has 2 rings (SSSR count). The highest BCUT2D eigenvalue weighted by molar-refractivity contribution is 9.10. The van der Waals surface area contributed by atoms with Gasteiger partial charge in [0.25, 0.3) is 0 Å². The SMILES string of the molecule is C/C(=C\C(=O)O)c1cn(C)c2ccc(Br)cc12. The van der Waals surface area contributed by atoms with Gasteiger partial charge in [0.05, 0.1) is 0 Å². The predicted molar refractivity (Wildman–Crippen MR) is 71.9 cm³/mol. The van der Waals surface area contributed by atoms with Gasteiger partial charge in [-0.05, 0) is 30.7 Å². The van der Waals surface area contributed by atoms with Crippen LogP contribution < -0.4 is 0 Å². The summed E-state index contributed by atoms with van der Waals surface area (Å²) >= 11 is 3.43. The molecule has 0 aliphatic heterocycles. The lowest BCUT2D eigenvalue weighted by molar-refractivity contribution is -0.131. The summed E-state index contributed by atoms with van der Waals surface area (Å²) < 4.78 is 2.98. The summed E-state index contributed by atoms with van der Waals surface area (Å²) in [5.41, 5.74) is 2.79. The van der Waals surface area contributed by atoms with Crippen molar-refractivity contribution in [1.82, 2.24) is 4.57 Å². The number of carbonyl (C=O) groups is 1. The van der Waals surface area contributed by atoms with Crippen molar-refractivity contribution in [1.29, 1.82) is 0 Å². The molecular formula is C13H12BrNO2.